The van der Waals surface area contributed by atoms with Crippen molar-refractivity contribution in [2.75, 3.05) is 46.4 Å². The Hall–Kier alpha value is -2.21. The topological polar surface area (TPSA) is 44.8 Å². The highest BCUT2D eigenvalue weighted by atomic mass is 16.5. The third-order valence-corrected chi connectivity index (χ3v) is 5.59. The van der Waals surface area contributed by atoms with E-state index in [1.54, 1.807) is 0 Å². The summed E-state index contributed by atoms with van der Waals surface area (Å²) in [4.78, 5) is 16.9. The minimum Gasteiger partial charge on any atom is -0.381 e. The molecule has 1 fully saturated rings. The van der Waals surface area contributed by atoms with Gasteiger partial charge in [0.1, 0.15) is 0 Å². The molecule has 162 valence electrons. The molecule has 5 heteroatoms. The summed E-state index contributed by atoms with van der Waals surface area (Å²) in [5.41, 5.74) is 3.76. The lowest BCUT2D eigenvalue weighted by Crippen LogP contribution is -2.43. The van der Waals surface area contributed by atoms with E-state index in [2.05, 4.69) is 58.6 Å². The normalized spacial score (nSPS) is 15.2. The van der Waals surface area contributed by atoms with Gasteiger partial charge in [-0.25, -0.2) is 0 Å². The van der Waals surface area contributed by atoms with Gasteiger partial charge in [0.05, 0.1) is 6.61 Å². The number of ether oxygens (including phenoxy) is 1. The average molecular weight is 410 g/mol. The van der Waals surface area contributed by atoms with Crippen molar-refractivity contribution < 1.29 is 9.53 Å². The number of carbonyl (C=O) groups is 1. The van der Waals surface area contributed by atoms with Crippen LogP contribution in [-0.2, 0) is 29.0 Å². The van der Waals surface area contributed by atoms with Crippen LogP contribution in [0.5, 0.6) is 0 Å². The van der Waals surface area contributed by atoms with Crippen molar-refractivity contribution in [3.8, 4) is 0 Å². The number of benzene rings is 2. The Balaban J connectivity index is 1.24. The molecule has 0 unspecified atom stereocenters. The third-order valence-electron chi connectivity index (χ3n) is 5.59. The highest BCUT2D eigenvalue weighted by Crippen LogP contribution is 2.10. The van der Waals surface area contributed by atoms with E-state index in [1.165, 1.54) is 11.1 Å². The van der Waals surface area contributed by atoms with Crippen LogP contribution < -0.4 is 5.32 Å². The molecule has 1 N–H and O–H groups in total. The molecule has 1 saturated heterocycles. The summed E-state index contributed by atoms with van der Waals surface area (Å²) < 4.78 is 5.65. The molecule has 0 atom stereocenters. The van der Waals surface area contributed by atoms with Gasteiger partial charge in [-0.3, -0.25) is 9.69 Å². The number of rotatable bonds is 11. The second kappa shape index (κ2) is 12.5. The molecular weight excluding hydrogens is 374 g/mol. The van der Waals surface area contributed by atoms with Gasteiger partial charge in [0.15, 0.2) is 0 Å². The van der Waals surface area contributed by atoms with Gasteiger partial charge in [-0.1, -0.05) is 54.6 Å². The van der Waals surface area contributed by atoms with Gasteiger partial charge >= 0.3 is 0 Å². The van der Waals surface area contributed by atoms with Gasteiger partial charge in [-0.15, -0.1) is 0 Å². The summed E-state index contributed by atoms with van der Waals surface area (Å²) in [6.45, 7) is 7.46. The van der Waals surface area contributed by atoms with Gasteiger partial charge < -0.3 is 15.0 Å². The highest BCUT2D eigenvalue weighted by Gasteiger charge is 2.13. The first-order chi connectivity index (χ1) is 14.7. The Bertz CT molecular complexity index is 741. The number of carbonyl (C=O) groups excluding carboxylic acids is 1. The van der Waals surface area contributed by atoms with Crippen molar-refractivity contribution in [1.29, 1.82) is 0 Å². The summed E-state index contributed by atoms with van der Waals surface area (Å²) in [5, 5.41) is 3.01. The fraction of sp³-hybridized carbons (Fsp3) is 0.480. The molecule has 0 bridgehead atoms. The lowest BCUT2D eigenvalue weighted by molar-refractivity contribution is -0.121. The van der Waals surface area contributed by atoms with E-state index in [1.807, 2.05) is 18.2 Å². The molecular formula is C25H35N3O2. The first-order valence-electron chi connectivity index (χ1n) is 11.1. The maximum atomic E-state index is 12.0. The van der Waals surface area contributed by atoms with Crippen LogP contribution in [0, 0.1) is 0 Å². The van der Waals surface area contributed by atoms with Crippen LogP contribution in [0.25, 0.3) is 0 Å². The largest absolute Gasteiger partial charge is 0.381 e. The molecule has 2 aromatic carbocycles. The number of hydrogen-bond acceptors (Lipinski definition) is 4. The number of piperazine rings is 1. The quantitative estimate of drug-likeness (QED) is 0.580. The van der Waals surface area contributed by atoms with Crippen molar-refractivity contribution >= 4 is 5.91 Å². The Morgan fingerprint density at radius 3 is 2.33 bits per heavy atom. The van der Waals surface area contributed by atoms with Gasteiger partial charge in [0.2, 0.25) is 5.91 Å². The van der Waals surface area contributed by atoms with E-state index >= 15 is 0 Å². The van der Waals surface area contributed by atoms with Crippen LogP contribution in [0.2, 0.25) is 0 Å². The van der Waals surface area contributed by atoms with Gasteiger partial charge in [0, 0.05) is 52.3 Å². The van der Waals surface area contributed by atoms with Crippen LogP contribution in [-0.4, -0.2) is 62.1 Å². The standard InChI is InChI=1S/C25H35N3O2/c1-27-14-16-28(17-15-27)21-24-11-9-23(10-12-24)20-26-25(29)8-5-18-30-19-13-22-6-3-2-4-7-22/h2-4,6-7,9-12H,5,8,13-21H2,1H3,(H,26,29). The van der Waals surface area contributed by atoms with Gasteiger partial charge in [-0.2, -0.15) is 0 Å². The summed E-state index contributed by atoms with van der Waals surface area (Å²) in [6.07, 6.45) is 2.18. The fourth-order valence-corrected chi connectivity index (χ4v) is 3.59. The lowest BCUT2D eigenvalue weighted by atomic mass is 10.1. The molecule has 1 amide bonds. The minimum absolute atomic E-state index is 0.0863. The van der Waals surface area contributed by atoms with E-state index in [4.69, 9.17) is 4.74 Å². The number of hydrogen-bond donors (Lipinski definition) is 1. The maximum Gasteiger partial charge on any atom is 0.220 e. The molecule has 1 heterocycles. The van der Waals surface area contributed by atoms with Crippen LogP contribution >= 0.6 is 0 Å². The van der Waals surface area contributed by atoms with Crippen LogP contribution in [0.15, 0.2) is 54.6 Å². The maximum absolute atomic E-state index is 12.0. The highest BCUT2D eigenvalue weighted by molar-refractivity contribution is 5.75. The Morgan fingerprint density at radius 1 is 0.900 bits per heavy atom. The van der Waals surface area contributed by atoms with Gasteiger partial charge in [0.25, 0.3) is 0 Å². The Labute approximate surface area is 181 Å². The smallest absolute Gasteiger partial charge is 0.220 e. The number of likely N-dealkylation sites (N-methyl/N-ethyl adjacent to an activating group) is 1. The zero-order valence-corrected chi connectivity index (χ0v) is 18.2. The van der Waals surface area contributed by atoms with Crippen LogP contribution in [0.4, 0.5) is 0 Å². The van der Waals surface area contributed by atoms with Crippen molar-refractivity contribution in [3.05, 3.63) is 71.3 Å². The Kier molecular flexibility index (Phi) is 9.35. The minimum atomic E-state index is 0.0863. The molecule has 3 rings (SSSR count). The molecule has 5 nitrogen and oxygen atoms in total. The first kappa shape index (κ1) is 22.5. The molecule has 0 radical (unpaired) electrons. The molecule has 0 spiro atoms. The van der Waals surface area contributed by atoms with E-state index in [0.717, 1.165) is 51.1 Å². The van der Waals surface area contributed by atoms with Crippen molar-refractivity contribution in [2.45, 2.75) is 32.4 Å². The van der Waals surface area contributed by atoms with E-state index in [-0.39, 0.29) is 5.91 Å². The van der Waals surface area contributed by atoms with Crippen LogP contribution in [0.3, 0.4) is 0 Å². The molecule has 0 saturated carbocycles. The summed E-state index contributed by atoms with van der Waals surface area (Å²) in [6, 6.07) is 18.9. The number of nitrogens with one attached hydrogen (secondary N) is 1. The first-order valence-corrected chi connectivity index (χ1v) is 11.1. The molecule has 0 aliphatic carbocycles. The van der Waals surface area contributed by atoms with Gasteiger partial charge in [-0.05, 0) is 36.6 Å². The van der Waals surface area contributed by atoms with E-state index in [9.17, 15) is 4.79 Å². The third kappa shape index (κ3) is 8.27. The molecule has 30 heavy (non-hydrogen) atoms. The zero-order valence-electron chi connectivity index (χ0n) is 18.2. The second-order valence-electron chi connectivity index (χ2n) is 8.12. The van der Waals surface area contributed by atoms with E-state index in [0.29, 0.717) is 26.2 Å². The molecule has 0 aromatic heterocycles. The SMILES string of the molecule is CN1CCN(Cc2ccc(CNC(=O)CCCOCCc3ccccc3)cc2)CC1. The second-order valence-corrected chi connectivity index (χ2v) is 8.12. The number of amides is 1. The summed E-state index contributed by atoms with van der Waals surface area (Å²) >= 11 is 0. The predicted octanol–water partition coefficient (Wildman–Crippen LogP) is 3.09. The predicted molar refractivity (Wildman–Crippen MR) is 121 cm³/mol. The average Bonchev–Trinajstić information content (AvgIpc) is 2.78. The van der Waals surface area contributed by atoms with Crippen molar-refractivity contribution in [3.63, 3.8) is 0 Å². The molecule has 2 aromatic rings. The summed E-state index contributed by atoms with van der Waals surface area (Å²) in [5.74, 6) is 0.0863. The summed E-state index contributed by atoms with van der Waals surface area (Å²) in [7, 11) is 2.18. The van der Waals surface area contributed by atoms with Crippen LogP contribution in [0.1, 0.15) is 29.5 Å². The van der Waals surface area contributed by atoms with Crippen molar-refractivity contribution in [1.82, 2.24) is 15.1 Å². The van der Waals surface area contributed by atoms with Crippen molar-refractivity contribution in [2.24, 2.45) is 0 Å². The molecule has 1 aliphatic heterocycles. The zero-order chi connectivity index (χ0) is 21.0. The Morgan fingerprint density at radius 2 is 1.60 bits per heavy atom. The monoisotopic (exact) mass is 409 g/mol. The fourth-order valence-electron chi connectivity index (χ4n) is 3.59. The van der Waals surface area contributed by atoms with E-state index < -0.39 is 0 Å². The molecule has 1 aliphatic rings. The lowest BCUT2D eigenvalue weighted by Gasteiger charge is -2.32. The number of nitrogens with zero attached hydrogens (tertiary/aromatic N) is 2.